The molecular formula is C42H53N3O7. The van der Waals surface area contributed by atoms with Crippen molar-refractivity contribution in [3.63, 3.8) is 0 Å². The molecule has 2 bridgehead atoms. The highest BCUT2D eigenvalue weighted by Crippen LogP contribution is 2.50. The maximum Gasteiger partial charge on any atom is 0.408 e. The fraction of sp³-hybridized carbons (Fsp3) is 0.524. The summed E-state index contributed by atoms with van der Waals surface area (Å²) >= 11 is 0. The van der Waals surface area contributed by atoms with Crippen LogP contribution in [0.1, 0.15) is 66.8 Å². The van der Waals surface area contributed by atoms with Crippen molar-refractivity contribution in [3.8, 4) is 5.75 Å². The van der Waals surface area contributed by atoms with Crippen molar-refractivity contribution in [2.24, 2.45) is 11.8 Å². The Hall–Kier alpha value is -3.96. The van der Waals surface area contributed by atoms with E-state index in [0.29, 0.717) is 31.8 Å². The molecule has 0 radical (unpaired) electrons. The lowest BCUT2D eigenvalue weighted by Crippen LogP contribution is -2.49. The maximum atomic E-state index is 14.2. The van der Waals surface area contributed by atoms with E-state index in [0.717, 1.165) is 93.0 Å². The van der Waals surface area contributed by atoms with Crippen LogP contribution in [-0.4, -0.2) is 90.4 Å². The molecule has 10 heteroatoms. The number of nitrogens with zero attached hydrogens (tertiary/aromatic N) is 1. The zero-order valence-corrected chi connectivity index (χ0v) is 30.0. The molecule has 3 aliphatic carbocycles. The number of aliphatic hydroxyl groups excluding tert-OH is 2. The van der Waals surface area contributed by atoms with Crippen molar-refractivity contribution in [2.45, 2.75) is 87.7 Å². The minimum atomic E-state index is -1.05. The first-order chi connectivity index (χ1) is 25.3. The Morgan fingerprint density at radius 2 is 1.63 bits per heavy atom. The molecule has 5 atom stereocenters. The Kier molecular flexibility index (Phi) is 11.8. The predicted octanol–water partition coefficient (Wildman–Crippen LogP) is 4.75. The van der Waals surface area contributed by atoms with E-state index in [1.54, 1.807) is 0 Å². The van der Waals surface area contributed by atoms with Gasteiger partial charge in [0.1, 0.15) is 18.0 Å². The average Bonchev–Trinajstić information content (AvgIpc) is 3.85. The topological polar surface area (TPSA) is 130 Å². The lowest BCUT2D eigenvalue weighted by atomic mass is 9.88. The van der Waals surface area contributed by atoms with Gasteiger partial charge in [0.25, 0.3) is 0 Å². The first-order valence-electron chi connectivity index (χ1n) is 19.1. The fourth-order valence-electron chi connectivity index (χ4n) is 8.69. The molecule has 1 saturated heterocycles. The third-order valence-electron chi connectivity index (χ3n) is 11.6. The van der Waals surface area contributed by atoms with E-state index in [-0.39, 0.29) is 12.3 Å². The highest BCUT2D eigenvalue weighted by atomic mass is 16.6. The summed E-state index contributed by atoms with van der Waals surface area (Å²) in [5, 5.41) is 29.0. The number of alkyl carbamates (subject to hydrolysis) is 1. The van der Waals surface area contributed by atoms with Crippen molar-refractivity contribution >= 4 is 12.0 Å². The molecule has 4 aliphatic rings. The molecule has 3 aromatic rings. The zero-order chi connectivity index (χ0) is 35.9. The van der Waals surface area contributed by atoms with Crippen LogP contribution in [0.2, 0.25) is 0 Å². The van der Waals surface area contributed by atoms with E-state index in [9.17, 15) is 19.8 Å². The molecule has 4 N–H and O–H groups in total. The van der Waals surface area contributed by atoms with Gasteiger partial charge in [-0.3, -0.25) is 9.69 Å². The number of benzene rings is 3. The summed E-state index contributed by atoms with van der Waals surface area (Å²) < 4.78 is 17.5. The number of carbonyl (C=O) groups excluding carboxylic acids is 2. The van der Waals surface area contributed by atoms with Gasteiger partial charge in [-0.25, -0.2) is 4.79 Å². The number of aliphatic hydroxyl groups is 2. The summed E-state index contributed by atoms with van der Waals surface area (Å²) in [6, 6.07) is 24.1. The Bertz CT molecular complexity index is 1620. The molecule has 0 unspecified atom stereocenters. The summed E-state index contributed by atoms with van der Waals surface area (Å²) in [6.07, 6.45) is 3.83. The molecule has 1 heterocycles. The highest BCUT2D eigenvalue weighted by Gasteiger charge is 2.48. The van der Waals surface area contributed by atoms with Gasteiger partial charge in [-0.05, 0) is 91.7 Å². The summed E-state index contributed by atoms with van der Waals surface area (Å²) in [7, 11) is 0. The monoisotopic (exact) mass is 711 g/mol. The molecule has 10 nitrogen and oxygen atoms in total. The van der Waals surface area contributed by atoms with Crippen molar-refractivity contribution in [2.75, 3.05) is 39.5 Å². The SMILES string of the molecule is O=C(N[C@@H](Cc1ccccc1)[C@@H](O)C[C@@H](Cc1ccc(OCCN2CCOCC2)cc1)C(=O)N[C@H]1c2ccccc2C[C@H]1O)OC12CCC(CC1)C2. The average molecular weight is 712 g/mol. The molecule has 278 valence electrons. The third kappa shape index (κ3) is 9.15. The Labute approximate surface area is 306 Å². The molecule has 1 aliphatic heterocycles. The number of morpholine rings is 1. The third-order valence-corrected chi connectivity index (χ3v) is 11.6. The van der Waals surface area contributed by atoms with Crippen LogP contribution >= 0.6 is 0 Å². The van der Waals surface area contributed by atoms with E-state index < -0.39 is 41.9 Å². The number of rotatable bonds is 15. The van der Waals surface area contributed by atoms with Crippen molar-refractivity contribution < 1.29 is 34.0 Å². The largest absolute Gasteiger partial charge is 0.492 e. The molecule has 0 spiro atoms. The smallest absolute Gasteiger partial charge is 0.408 e. The number of ether oxygens (including phenoxy) is 3. The molecule has 52 heavy (non-hydrogen) atoms. The van der Waals surface area contributed by atoms with E-state index in [4.69, 9.17) is 14.2 Å². The second kappa shape index (κ2) is 16.8. The van der Waals surface area contributed by atoms with Gasteiger partial charge in [0.2, 0.25) is 5.91 Å². The number of hydrogen-bond acceptors (Lipinski definition) is 8. The number of amides is 2. The minimum absolute atomic E-state index is 0.0963. The Morgan fingerprint density at radius 3 is 2.37 bits per heavy atom. The van der Waals surface area contributed by atoms with Crippen LogP contribution in [0.4, 0.5) is 4.79 Å². The maximum absolute atomic E-state index is 14.2. The van der Waals surface area contributed by atoms with E-state index in [2.05, 4.69) is 15.5 Å². The minimum Gasteiger partial charge on any atom is -0.492 e. The normalized spacial score (nSPS) is 25.5. The molecule has 2 amide bonds. The van der Waals surface area contributed by atoms with Crippen LogP contribution < -0.4 is 15.4 Å². The molecular weight excluding hydrogens is 658 g/mol. The van der Waals surface area contributed by atoms with E-state index in [1.165, 1.54) is 0 Å². The van der Waals surface area contributed by atoms with E-state index in [1.807, 2.05) is 78.9 Å². The zero-order valence-electron chi connectivity index (χ0n) is 30.0. The van der Waals surface area contributed by atoms with Crippen molar-refractivity contribution in [3.05, 3.63) is 101 Å². The Morgan fingerprint density at radius 1 is 0.923 bits per heavy atom. The van der Waals surface area contributed by atoms with Crippen LogP contribution in [0, 0.1) is 11.8 Å². The van der Waals surface area contributed by atoms with Gasteiger partial charge in [0.15, 0.2) is 0 Å². The lowest BCUT2D eigenvalue weighted by Gasteiger charge is -2.31. The number of carbonyl (C=O) groups is 2. The molecule has 3 fully saturated rings. The van der Waals surface area contributed by atoms with Gasteiger partial charge in [-0.2, -0.15) is 0 Å². The summed E-state index contributed by atoms with van der Waals surface area (Å²) in [4.78, 5) is 29.9. The second-order valence-corrected chi connectivity index (χ2v) is 15.3. The van der Waals surface area contributed by atoms with Gasteiger partial charge >= 0.3 is 6.09 Å². The standard InChI is InChI=1S/C42H53N3O7/c46-37(36(25-29-6-2-1-3-7-29)43-41(49)52-42-16-14-31(28-42)15-17-42)27-33(40(48)44-39-35-9-5-4-8-32(35)26-38(39)47)24-30-10-12-34(13-11-30)51-23-20-45-18-21-50-22-19-45/h1-13,31,33,36-39,46-47H,14-28H2,(H,43,49)(H,44,48)/t31?,33-,36+,37+,38-,39+,42?/m1/s1. The Balaban J connectivity index is 1.06. The van der Waals surface area contributed by atoms with Gasteiger partial charge in [-0.1, -0.05) is 66.7 Å². The van der Waals surface area contributed by atoms with Crippen LogP contribution in [0.5, 0.6) is 5.75 Å². The predicted molar refractivity (Wildman–Crippen MR) is 197 cm³/mol. The molecule has 2 saturated carbocycles. The fourth-order valence-corrected chi connectivity index (χ4v) is 8.69. The molecule has 0 aromatic heterocycles. The second-order valence-electron chi connectivity index (χ2n) is 15.3. The van der Waals surface area contributed by atoms with Gasteiger partial charge in [0.05, 0.1) is 37.5 Å². The molecule has 3 aromatic carbocycles. The summed E-state index contributed by atoms with van der Waals surface area (Å²) in [5.74, 6) is 0.472. The van der Waals surface area contributed by atoms with E-state index >= 15 is 0 Å². The first kappa shape index (κ1) is 36.4. The molecule has 7 rings (SSSR count). The summed E-state index contributed by atoms with van der Waals surface area (Å²) in [6.45, 7) is 4.71. The van der Waals surface area contributed by atoms with Crippen molar-refractivity contribution in [1.29, 1.82) is 0 Å². The quantitative estimate of drug-likeness (QED) is 0.178. The van der Waals surface area contributed by atoms with Gasteiger partial charge in [-0.15, -0.1) is 0 Å². The van der Waals surface area contributed by atoms with Gasteiger partial charge in [0, 0.05) is 32.0 Å². The van der Waals surface area contributed by atoms with Crippen LogP contribution in [0.25, 0.3) is 0 Å². The number of fused-ring (bicyclic) bond motifs is 3. The van der Waals surface area contributed by atoms with Crippen LogP contribution in [0.15, 0.2) is 78.9 Å². The number of nitrogens with one attached hydrogen (secondary N) is 2. The highest BCUT2D eigenvalue weighted by molar-refractivity contribution is 5.80. The number of hydrogen-bond donors (Lipinski definition) is 4. The van der Waals surface area contributed by atoms with Crippen LogP contribution in [0.3, 0.4) is 0 Å². The van der Waals surface area contributed by atoms with Gasteiger partial charge < -0.3 is 35.1 Å². The van der Waals surface area contributed by atoms with Crippen LogP contribution in [-0.2, 0) is 33.5 Å². The summed E-state index contributed by atoms with van der Waals surface area (Å²) in [5.41, 5.74) is 3.40. The van der Waals surface area contributed by atoms with Crippen molar-refractivity contribution in [1.82, 2.24) is 15.5 Å². The lowest BCUT2D eigenvalue weighted by molar-refractivity contribution is -0.127. The first-order valence-corrected chi connectivity index (χ1v) is 19.1.